The normalized spacial score (nSPS) is 10.5. The molecule has 3 aromatic carbocycles. The molecule has 34 heavy (non-hydrogen) atoms. The Morgan fingerprint density at radius 1 is 0.618 bits per heavy atom. The van der Waals surface area contributed by atoms with Crippen LogP contribution in [0.1, 0.15) is 31.8 Å². The fraction of sp³-hybridized carbons (Fsp3) is 0.231. The first-order valence-electron chi connectivity index (χ1n) is 10.4. The number of methoxy groups -OCH3 is 4. The van der Waals surface area contributed by atoms with Crippen LogP contribution in [0, 0.1) is 0 Å². The van der Waals surface area contributed by atoms with E-state index in [9.17, 15) is 19.8 Å². The second-order valence-corrected chi connectivity index (χ2v) is 7.48. The molecule has 0 saturated heterocycles. The first-order valence-corrected chi connectivity index (χ1v) is 10.4. The number of hydrogen-bond donors (Lipinski definition) is 2. The highest BCUT2D eigenvalue weighted by molar-refractivity contribution is 6.49. The summed E-state index contributed by atoms with van der Waals surface area (Å²) < 4.78 is 20.9. The third kappa shape index (κ3) is 5.40. The maximum absolute atomic E-state index is 13.0. The molecule has 0 aromatic heterocycles. The van der Waals surface area contributed by atoms with Gasteiger partial charge in [0.1, 0.15) is 34.5 Å². The number of benzene rings is 3. The molecular weight excluding hydrogens is 440 g/mol. The second kappa shape index (κ2) is 10.6. The molecule has 0 unspecified atom stereocenters. The van der Waals surface area contributed by atoms with Gasteiger partial charge in [0.05, 0.1) is 34.0 Å². The highest BCUT2D eigenvalue weighted by atomic mass is 16.5. The van der Waals surface area contributed by atoms with E-state index in [4.69, 9.17) is 18.9 Å². The van der Waals surface area contributed by atoms with Crippen LogP contribution >= 0.6 is 0 Å². The second-order valence-electron chi connectivity index (χ2n) is 7.48. The number of hydrogen-bond acceptors (Lipinski definition) is 8. The van der Waals surface area contributed by atoms with Gasteiger partial charge in [-0.25, -0.2) is 0 Å². The Hall–Kier alpha value is -4.20. The molecule has 0 atom stereocenters. The molecule has 2 N–H and O–H groups in total. The van der Waals surface area contributed by atoms with Gasteiger partial charge in [-0.1, -0.05) is 0 Å². The monoisotopic (exact) mass is 466 g/mol. The van der Waals surface area contributed by atoms with Gasteiger partial charge in [-0.05, 0) is 54.3 Å². The minimum absolute atomic E-state index is 0.0544. The molecule has 3 aromatic rings. The fourth-order valence-electron chi connectivity index (χ4n) is 3.49. The highest BCUT2D eigenvalue weighted by Gasteiger charge is 2.24. The van der Waals surface area contributed by atoms with Crippen molar-refractivity contribution in [3.05, 3.63) is 70.8 Å². The van der Waals surface area contributed by atoms with Crippen LogP contribution in [-0.4, -0.2) is 50.2 Å². The van der Waals surface area contributed by atoms with Gasteiger partial charge in [0.2, 0.25) is 11.6 Å². The molecule has 8 heteroatoms. The zero-order chi connectivity index (χ0) is 24.8. The van der Waals surface area contributed by atoms with E-state index in [0.29, 0.717) is 41.4 Å². The van der Waals surface area contributed by atoms with Gasteiger partial charge in [-0.15, -0.1) is 0 Å². The molecule has 8 nitrogen and oxygen atoms in total. The zero-order valence-corrected chi connectivity index (χ0v) is 19.4. The summed E-state index contributed by atoms with van der Waals surface area (Å²) in [5, 5.41) is 20.6. The molecular formula is C26H26O8. The number of rotatable bonds is 10. The first-order chi connectivity index (χ1) is 16.3. The van der Waals surface area contributed by atoms with E-state index in [2.05, 4.69) is 0 Å². The summed E-state index contributed by atoms with van der Waals surface area (Å²) in [5.41, 5.74) is 1.14. The minimum Gasteiger partial charge on any atom is -0.508 e. The largest absolute Gasteiger partial charge is 0.508 e. The maximum Gasteiger partial charge on any atom is 0.237 e. The molecule has 0 aliphatic carbocycles. The van der Waals surface area contributed by atoms with Crippen LogP contribution < -0.4 is 18.9 Å². The number of phenols is 2. The van der Waals surface area contributed by atoms with Crippen LogP contribution in [0.5, 0.6) is 34.5 Å². The van der Waals surface area contributed by atoms with Crippen molar-refractivity contribution in [3.63, 3.8) is 0 Å². The van der Waals surface area contributed by atoms with E-state index >= 15 is 0 Å². The number of Topliss-reactive ketones (excluding diaryl/α,β-unsaturated/α-hetero) is 2. The first kappa shape index (κ1) is 24.4. The Morgan fingerprint density at radius 2 is 1.12 bits per heavy atom. The predicted molar refractivity (Wildman–Crippen MR) is 125 cm³/mol. The van der Waals surface area contributed by atoms with E-state index in [1.165, 1.54) is 32.4 Å². The van der Waals surface area contributed by atoms with Crippen molar-refractivity contribution < 1.29 is 38.7 Å². The zero-order valence-electron chi connectivity index (χ0n) is 19.4. The Kier molecular flexibility index (Phi) is 7.63. The van der Waals surface area contributed by atoms with Gasteiger partial charge < -0.3 is 29.2 Å². The SMILES string of the molecule is COc1cc(CCc2cc(C(=O)C(=O)c3cc(OC)cc(OC)c3)c(O)cc2O)cc(OC)c1. The van der Waals surface area contributed by atoms with Crippen LogP contribution in [0.4, 0.5) is 0 Å². The predicted octanol–water partition coefficient (Wildman–Crippen LogP) is 3.98. The molecule has 0 saturated carbocycles. The van der Waals surface area contributed by atoms with Crippen molar-refractivity contribution >= 4 is 11.6 Å². The summed E-state index contributed by atoms with van der Waals surface area (Å²) in [6.07, 6.45) is 0.824. The van der Waals surface area contributed by atoms with E-state index in [0.717, 1.165) is 11.6 Å². The Bertz CT molecular complexity index is 1170. The van der Waals surface area contributed by atoms with E-state index < -0.39 is 17.3 Å². The maximum atomic E-state index is 13.0. The Morgan fingerprint density at radius 3 is 1.62 bits per heavy atom. The third-order valence-electron chi connectivity index (χ3n) is 5.36. The molecule has 3 rings (SSSR count). The molecule has 0 radical (unpaired) electrons. The molecule has 0 aliphatic rings. The molecule has 0 heterocycles. The van der Waals surface area contributed by atoms with Crippen molar-refractivity contribution in [1.29, 1.82) is 0 Å². The average Bonchev–Trinajstić information content (AvgIpc) is 2.86. The topological polar surface area (TPSA) is 112 Å². The van der Waals surface area contributed by atoms with E-state index in [1.54, 1.807) is 26.4 Å². The van der Waals surface area contributed by atoms with Gasteiger partial charge in [0.15, 0.2) is 0 Å². The van der Waals surface area contributed by atoms with Crippen LogP contribution in [-0.2, 0) is 12.8 Å². The fourth-order valence-corrected chi connectivity index (χ4v) is 3.49. The molecule has 0 amide bonds. The lowest BCUT2D eigenvalue weighted by atomic mass is 9.96. The third-order valence-corrected chi connectivity index (χ3v) is 5.36. The van der Waals surface area contributed by atoms with Gasteiger partial charge in [0.25, 0.3) is 0 Å². The van der Waals surface area contributed by atoms with E-state index in [1.807, 2.05) is 12.1 Å². The van der Waals surface area contributed by atoms with Crippen LogP contribution in [0.3, 0.4) is 0 Å². The van der Waals surface area contributed by atoms with Crippen LogP contribution in [0.2, 0.25) is 0 Å². The smallest absolute Gasteiger partial charge is 0.237 e. The summed E-state index contributed by atoms with van der Waals surface area (Å²) in [6.45, 7) is 0. The number of carbonyl (C=O) groups excluding carboxylic acids is 2. The lowest BCUT2D eigenvalue weighted by Gasteiger charge is -2.12. The minimum atomic E-state index is -0.919. The lowest BCUT2D eigenvalue weighted by Crippen LogP contribution is -2.15. The molecule has 0 aliphatic heterocycles. The Labute approximate surface area is 197 Å². The Balaban J connectivity index is 1.88. The molecule has 0 bridgehead atoms. The molecule has 0 fully saturated rings. The highest BCUT2D eigenvalue weighted by Crippen LogP contribution is 2.31. The van der Waals surface area contributed by atoms with Gasteiger partial charge >= 0.3 is 0 Å². The summed E-state index contributed by atoms with van der Waals surface area (Å²) >= 11 is 0. The summed E-state index contributed by atoms with van der Waals surface area (Å²) in [7, 11) is 5.97. The number of ketones is 2. The van der Waals surface area contributed by atoms with Crippen molar-refractivity contribution in [3.8, 4) is 34.5 Å². The number of aryl methyl sites for hydroxylation is 2. The van der Waals surface area contributed by atoms with Crippen LogP contribution in [0.15, 0.2) is 48.5 Å². The number of ether oxygens (including phenoxy) is 4. The van der Waals surface area contributed by atoms with Crippen molar-refractivity contribution in [1.82, 2.24) is 0 Å². The van der Waals surface area contributed by atoms with Crippen molar-refractivity contribution in [2.24, 2.45) is 0 Å². The van der Waals surface area contributed by atoms with Gasteiger partial charge in [0, 0.05) is 23.8 Å². The number of aromatic hydroxyl groups is 2. The average molecular weight is 466 g/mol. The quantitative estimate of drug-likeness (QED) is 0.341. The summed E-state index contributed by atoms with van der Waals surface area (Å²) in [5.74, 6) is -0.491. The van der Waals surface area contributed by atoms with E-state index in [-0.39, 0.29) is 16.9 Å². The van der Waals surface area contributed by atoms with Crippen molar-refractivity contribution in [2.45, 2.75) is 12.8 Å². The summed E-state index contributed by atoms with van der Waals surface area (Å²) in [4.78, 5) is 25.9. The van der Waals surface area contributed by atoms with Crippen LogP contribution in [0.25, 0.3) is 0 Å². The number of phenolic OH excluding ortho intramolecular Hbond substituents is 2. The summed E-state index contributed by atoms with van der Waals surface area (Å²) in [6, 6.07) is 12.2. The standard InChI is InChI=1S/C26H26O8/c1-31-18-7-15(8-19(12-18)32-2)5-6-16-11-22(24(28)14-23(16)27)26(30)25(29)17-9-20(33-3)13-21(10-17)34-4/h7-14,27-28H,5-6H2,1-4H3. The molecule has 0 spiro atoms. The lowest BCUT2D eigenvalue weighted by molar-refractivity contribution is 0.0814. The van der Waals surface area contributed by atoms with Crippen molar-refractivity contribution in [2.75, 3.05) is 28.4 Å². The number of carbonyl (C=O) groups is 2. The van der Waals surface area contributed by atoms with Gasteiger partial charge in [-0.3, -0.25) is 9.59 Å². The molecule has 178 valence electrons. The van der Waals surface area contributed by atoms with Gasteiger partial charge in [-0.2, -0.15) is 0 Å².